The predicted octanol–water partition coefficient (Wildman–Crippen LogP) is 2.83. The summed E-state index contributed by atoms with van der Waals surface area (Å²) in [5.74, 6) is 0.561. The molecule has 4 heterocycles. The maximum Gasteiger partial charge on any atom is 0.221 e. The number of pyridine rings is 2. The van der Waals surface area contributed by atoms with Crippen molar-refractivity contribution in [3.8, 4) is 5.88 Å². The molecule has 0 saturated carbocycles. The van der Waals surface area contributed by atoms with Gasteiger partial charge in [-0.2, -0.15) is 0 Å². The molecule has 0 saturated heterocycles. The molecule has 9 nitrogen and oxygen atoms in total. The van der Waals surface area contributed by atoms with Gasteiger partial charge in [-0.1, -0.05) is 17.3 Å². The molecule has 32 heavy (non-hydrogen) atoms. The number of hydrogen-bond donors (Lipinski definition) is 0. The van der Waals surface area contributed by atoms with Crippen LogP contribution in [0, 0.1) is 0 Å². The van der Waals surface area contributed by atoms with Gasteiger partial charge in [0, 0.05) is 37.4 Å². The van der Waals surface area contributed by atoms with Gasteiger partial charge in [-0.05, 0) is 35.4 Å². The lowest BCUT2D eigenvalue weighted by molar-refractivity contribution is 0.143. The van der Waals surface area contributed by atoms with Crippen LogP contribution in [-0.2, 0) is 17.7 Å². The van der Waals surface area contributed by atoms with E-state index in [1.807, 2.05) is 36.4 Å². The average Bonchev–Trinajstić information content (AvgIpc) is 3.21. The molecule has 9 heteroatoms. The third-order valence-electron chi connectivity index (χ3n) is 5.00. The summed E-state index contributed by atoms with van der Waals surface area (Å²) in [5.41, 5.74) is 5.08. The van der Waals surface area contributed by atoms with Gasteiger partial charge in [0.15, 0.2) is 5.65 Å². The first kappa shape index (κ1) is 20.0. The van der Waals surface area contributed by atoms with E-state index in [1.165, 1.54) is 0 Å². The van der Waals surface area contributed by atoms with E-state index in [2.05, 4.69) is 31.3 Å². The van der Waals surface area contributed by atoms with Gasteiger partial charge >= 0.3 is 0 Å². The van der Waals surface area contributed by atoms with E-state index in [-0.39, 0.29) is 0 Å². The zero-order valence-corrected chi connectivity index (χ0v) is 17.5. The van der Waals surface area contributed by atoms with Crippen LogP contribution in [0.3, 0.4) is 0 Å². The molecular weight excluding hydrogens is 406 g/mol. The summed E-state index contributed by atoms with van der Waals surface area (Å²) in [6.07, 6.45) is 5.85. The summed E-state index contributed by atoms with van der Waals surface area (Å²) in [4.78, 5) is 17.8. The lowest BCUT2D eigenvalue weighted by Crippen LogP contribution is -2.06. The van der Waals surface area contributed by atoms with Gasteiger partial charge in [0.1, 0.15) is 6.61 Å². The Morgan fingerprint density at radius 3 is 2.84 bits per heavy atom. The van der Waals surface area contributed by atoms with Gasteiger partial charge in [0.05, 0.1) is 30.6 Å². The molecule has 0 aliphatic rings. The number of benzene rings is 1. The van der Waals surface area contributed by atoms with Crippen molar-refractivity contribution in [3.05, 3.63) is 77.9 Å². The molecule has 0 aliphatic carbocycles. The minimum absolute atomic E-state index is 0.453. The van der Waals surface area contributed by atoms with E-state index in [4.69, 9.17) is 14.5 Å². The lowest BCUT2D eigenvalue weighted by Gasteiger charge is -2.07. The number of methoxy groups -OCH3 is 1. The van der Waals surface area contributed by atoms with E-state index in [0.717, 1.165) is 27.7 Å². The van der Waals surface area contributed by atoms with Crippen molar-refractivity contribution in [2.45, 2.75) is 13.0 Å². The smallest absolute Gasteiger partial charge is 0.221 e. The van der Waals surface area contributed by atoms with Crippen molar-refractivity contribution in [2.75, 3.05) is 20.3 Å². The van der Waals surface area contributed by atoms with Crippen molar-refractivity contribution in [3.63, 3.8) is 0 Å². The molecule has 0 amide bonds. The highest BCUT2D eigenvalue weighted by molar-refractivity contribution is 5.79. The minimum atomic E-state index is 0.453. The summed E-state index contributed by atoms with van der Waals surface area (Å²) >= 11 is 0. The molecule has 5 aromatic rings. The molecule has 5 rings (SSSR count). The Bertz CT molecular complexity index is 1370. The fraction of sp³-hybridized carbons (Fsp3) is 0.217. The van der Waals surface area contributed by atoms with E-state index < -0.39 is 0 Å². The average molecular weight is 427 g/mol. The quantitative estimate of drug-likeness (QED) is 0.349. The van der Waals surface area contributed by atoms with Crippen molar-refractivity contribution in [1.82, 2.24) is 34.9 Å². The number of rotatable bonds is 8. The van der Waals surface area contributed by atoms with E-state index in [9.17, 15) is 0 Å². The number of ether oxygens (including phenoxy) is 2. The Balaban J connectivity index is 1.37. The molecule has 1 aromatic carbocycles. The maximum absolute atomic E-state index is 5.60. The number of aromatic nitrogens is 7. The fourth-order valence-corrected chi connectivity index (χ4v) is 3.46. The zero-order valence-electron chi connectivity index (χ0n) is 17.5. The molecule has 160 valence electrons. The molecule has 0 unspecified atom stereocenters. The van der Waals surface area contributed by atoms with Gasteiger partial charge in [-0.25, -0.2) is 19.6 Å². The Labute approximate surface area is 184 Å². The van der Waals surface area contributed by atoms with Crippen molar-refractivity contribution < 1.29 is 9.47 Å². The van der Waals surface area contributed by atoms with Crippen LogP contribution >= 0.6 is 0 Å². The molecule has 0 aliphatic heterocycles. The highest BCUT2D eigenvalue weighted by atomic mass is 16.5. The topological polar surface area (TPSA) is 101 Å². The molecular formula is C23H21N7O2. The number of hydrogen-bond acceptors (Lipinski definition) is 8. The third-order valence-corrected chi connectivity index (χ3v) is 5.00. The zero-order chi connectivity index (χ0) is 21.8. The number of nitrogens with zero attached hydrogens (tertiary/aromatic N) is 7. The van der Waals surface area contributed by atoms with Crippen LogP contribution in [0.15, 0.2) is 61.1 Å². The van der Waals surface area contributed by atoms with Gasteiger partial charge in [0.25, 0.3) is 0 Å². The third kappa shape index (κ3) is 4.37. The summed E-state index contributed by atoms with van der Waals surface area (Å²) in [5, 5.41) is 9.51. The van der Waals surface area contributed by atoms with Crippen LogP contribution in [0.1, 0.15) is 16.8 Å². The van der Waals surface area contributed by atoms with Crippen LogP contribution in [0.25, 0.3) is 22.2 Å². The summed E-state index contributed by atoms with van der Waals surface area (Å²) < 4.78 is 12.4. The van der Waals surface area contributed by atoms with Crippen LogP contribution in [0.5, 0.6) is 5.88 Å². The SMILES string of the molecule is COCCOc1cc(Cc2cnc3nnn(Cc4ccc5ncccc5c4)c3n2)ccn1. The monoisotopic (exact) mass is 427 g/mol. The highest BCUT2D eigenvalue weighted by Crippen LogP contribution is 2.17. The number of fused-ring (bicyclic) bond motifs is 2. The molecule has 4 aromatic heterocycles. The summed E-state index contributed by atoms with van der Waals surface area (Å²) in [7, 11) is 1.64. The summed E-state index contributed by atoms with van der Waals surface area (Å²) in [6.45, 7) is 1.51. The van der Waals surface area contributed by atoms with Gasteiger partial charge < -0.3 is 9.47 Å². The van der Waals surface area contributed by atoms with Crippen LogP contribution in [0.4, 0.5) is 0 Å². The van der Waals surface area contributed by atoms with Crippen molar-refractivity contribution >= 4 is 22.2 Å². The Morgan fingerprint density at radius 2 is 1.91 bits per heavy atom. The molecule has 0 N–H and O–H groups in total. The second-order valence-corrected chi connectivity index (χ2v) is 7.31. The largest absolute Gasteiger partial charge is 0.475 e. The van der Waals surface area contributed by atoms with Crippen molar-refractivity contribution in [1.29, 1.82) is 0 Å². The van der Waals surface area contributed by atoms with Crippen molar-refractivity contribution in [2.24, 2.45) is 0 Å². The molecule has 0 bridgehead atoms. The minimum Gasteiger partial charge on any atom is -0.475 e. The molecule has 0 spiro atoms. The second-order valence-electron chi connectivity index (χ2n) is 7.31. The van der Waals surface area contributed by atoms with Gasteiger partial charge in [0.2, 0.25) is 11.5 Å². The van der Waals surface area contributed by atoms with E-state index >= 15 is 0 Å². The predicted molar refractivity (Wildman–Crippen MR) is 118 cm³/mol. The lowest BCUT2D eigenvalue weighted by atomic mass is 10.1. The first-order valence-electron chi connectivity index (χ1n) is 10.2. The standard InChI is InChI=1S/C23H21N7O2/c1-31-9-10-32-21-13-16(6-8-25-21)12-19-14-26-22-23(27-19)30(29-28-22)15-17-4-5-20-18(11-17)3-2-7-24-20/h2-8,11,13-14H,9-10,12,15H2,1H3. The maximum atomic E-state index is 5.60. The van der Waals surface area contributed by atoms with Gasteiger partial charge in [-0.15, -0.1) is 5.10 Å². The Morgan fingerprint density at radius 1 is 0.938 bits per heavy atom. The molecule has 0 atom stereocenters. The fourth-order valence-electron chi connectivity index (χ4n) is 3.46. The normalized spacial score (nSPS) is 11.3. The highest BCUT2D eigenvalue weighted by Gasteiger charge is 2.11. The van der Waals surface area contributed by atoms with Crippen LogP contribution < -0.4 is 4.74 Å². The first-order valence-corrected chi connectivity index (χ1v) is 10.2. The van der Waals surface area contributed by atoms with Crippen LogP contribution in [-0.4, -0.2) is 55.3 Å². The first-order chi connectivity index (χ1) is 15.8. The molecule has 0 radical (unpaired) electrons. The Hall–Kier alpha value is -3.98. The van der Waals surface area contributed by atoms with E-state index in [0.29, 0.717) is 43.4 Å². The Kier molecular flexibility index (Phi) is 5.63. The molecule has 0 fully saturated rings. The van der Waals surface area contributed by atoms with Crippen LogP contribution in [0.2, 0.25) is 0 Å². The van der Waals surface area contributed by atoms with Gasteiger partial charge in [-0.3, -0.25) is 4.98 Å². The second kappa shape index (κ2) is 9.03. The van der Waals surface area contributed by atoms with E-state index in [1.54, 1.807) is 30.4 Å². The summed E-state index contributed by atoms with van der Waals surface area (Å²) in [6, 6.07) is 14.0.